The molecule has 1 aliphatic heterocycles. The van der Waals surface area contributed by atoms with Gasteiger partial charge in [-0.15, -0.1) is 0 Å². The monoisotopic (exact) mass is 303 g/mol. The Labute approximate surface area is 127 Å². The average molecular weight is 304 g/mol. The second-order valence-electron chi connectivity index (χ2n) is 4.37. The Kier molecular flexibility index (Phi) is 4.16. The second-order valence-corrected chi connectivity index (χ2v) is 4.78. The molecular formula is C14H14ClN5O. The molecule has 3 rings (SSSR count). The lowest BCUT2D eigenvalue weighted by molar-refractivity contribution is 0.294. The molecule has 6 nitrogen and oxygen atoms in total. The van der Waals surface area contributed by atoms with E-state index in [1.807, 2.05) is 24.3 Å². The Morgan fingerprint density at radius 1 is 1.24 bits per heavy atom. The summed E-state index contributed by atoms with van der Waals surface area (Å²) in [5.74, 6) is 1.62. The van der Waals surface area contributed by atoms with Gasteiger partial charge >= 0.3 is 0 Å². The maximum atomic E-state index is 6.11. The van der Waals surface area contributed by atoms with Gasteiger partial charge in [-0.2, -0.15) is 0 Å². The highest BCUT2D eigenvalue weighted by Crippen LogP contribution is 2.21. The molecule has 0 saturated heterocycles. The number of nitrogens with one attached hydrogen (secondary N) is 2. The summed E-state index contributed by atoms with van der Waals surface area (Å²) in [7, 11) is 0. The van der Waals surface area contributed by atoms with Crippen LogP contribution < -0.4 is 15.4 Å². The molecule has 1 aliphatic rings. The number of rotatable bonds is 4. The minimum atomic E-state index is 0.326. The topological polar surface area (TPSA) is 71.4 Å². The van der Waals surface area contributed by atoms with Crippen molar-refractivity contribution in [2.24, 2.45) is 4.99 Å². The summed E-state index contributed by atoms with van der Waals surface area (Å²) in [5, 5.41) is 6.84. The normalized spacial score (nSPS) is 13.5. The van der Waals surface area contributed by atoms with Crippen molar-refractivity contribution in [3.05, 3.63) is 47.2 Å². The number of nitrogens with zero attached hydrogens (tertiary/aromatic N) is 3. The Morgan fingerprint density at radius 2 is 2.10 bits per heavy atom. The van der Waals surface area contributed by atoms with E-state index in [4.69, 9.17) is 16.3 Å². The quantitative estimate of drug-likeness (QED) is 0.905. The van der Waals surface area contributed by atoms with Crippen LogP contribution in [0.15, 0.2) is 41.7 Å². The number of aliphatic imine (C=N–C) groups is 1. The summed E-state index contributed by atoms with van der Waals surface area (Å²) >= 11 is 6.11. The first-order valence-electron chi connectivity index (χ1n) is 6.55. The zero-order valence-electron chi connectivity index (χ0n) is 11.2. The van der Waals surface area contributed by atoms with Crippen LogP contribution in [0.25, 0.3) is 0 Å². The summed E-state index contributed by atoms with van der Waals surface area (Å²) in [6, 6.07) is 7.53. The molecule has 2 aromatic rings. The fourth-order valence-electron chi connectivity index (χ4n) is 1.87. The van der Waals surface area contributed by atoms with Crippen LogP contribution in [0.4, 0.5) is 5.82 Å². The highest BCUT2D eigenvalue weighted by Gasteiger charge is 2.12. The van der Waals surface area contributed by atoms with Gasteiger partial charge in [0.2, 0.25) is 0 Å². The van der Waals surface area contributed by atoms with Crippen LogP contribution in [0.3, 0.4) is 0 Å². The second kappa shape index (κ2) is 6.41. The molecule has 0 fully saturated rings. The van der Waals surface area contributed by atoms with Gasteiger partial charge in [0.1, 0.15) is 6.61 Å². The van der Waals surface area contributed by atoms with Gasteiger partial charge in [0.15, 0.2) is 11.8 Å². The summed E-state index contributed by atoms with van der Waals surface area (Å²) in [5.41, 5.74) is 0.895. The first kappa shape index (κ1) is 13.6. The van der Waals surface area contributed by atoms with Crippen LogP contribution in [-0.2, 0) is 6.61 Å². The first-order valence-corrected chi connectivity index (χ1v) is 6.93. The summed E-state index contributed by atoms with van der Waals surface area (Å²) < 4.78 is 5.71. The zero-order chi connectivity index (χ0) is 14.5. The number of guanidine groups is 1. The Morgan fingerprint density at radius 3 is 2.90 bits per heavy atom. The molecule has 7 heteroatoms. The standard InChI is InChI=1S/C14H14ClN5O/c15-11-4-2-1-3-10(11)9-21-13-12(16-5-6-17-13)20-14-18-7-8-19-14/h1-6H,7-9H2,(H2,16,18,19,20). The van der Waals surface area contributed by atoms with Crippen molar-refractivity contribution < 1.29 is 4.74 Å². The first-order chi connectivity index (χ1) is 10.3. The van der Waals surface area contributed by atoms with Crippen LogP contribution in [0.2, 0.25) is 5.02 Å². The summed E-state index contributed by atoms with van der Waals surface area (Å²) in [4.78, 5) is 12.7. The molecule has 0 radical (unpaired) electrons. The summed E-state index contributed by atoms with van der Waals surface area (Å²) in [6.07, 6.45) is 3.18. The van der Waals surface area contributed by atoms with E-state index in [0.717, 1.165) is 18.7 Å². The molecule has 1 aromatic heterocycles. The molecular weight excluding hydrogens is 290 g/mol. The highest BCUT2D eigenvalue weighted by atomic mass is 35.5. The van der Waals surface area contributed by atoms with Crippen molar-refractivity contribution in [2.45, 2.75) is 6.61 Å². The van der Waals surface area contributed by atoms with Crippen molar-refractivity contribution in [1.29, 1.82) is 0 Å². The molecule has 0 saturated carbocycles. The van der Waals surface area contributed by atoms with E-state index in [2.05, 4.69) is 25.6 Å². The predicted molar refractivity (Wildman–Crippen MR) is 81.7 cm³/mol. The van der Waals surface area contributed by atoms with Gasteiger partial charge in [-0.25, -0.2) is 9.97 Å². The van der Waals surface area contributed by atoms with E-state index < -0.39 is 0 Å². The van der Waals surface area contributed by atoms with E-state index >= 15 is 0 Å². The third kappa shape index (κ3) is 3.41. The number of ether oxygens (including phenoxy) is 1. The third-order valence-corrected chi connectivity index (χ3v) is 3.27. The number of hydrogen-bond donors (Lipinski definition) is 2. The fraction of sp³-hybridized carbons (Fsp3) is 0.214. The van der Waals surface area contributed by atoms with Crippen LogP contribution in [0, 0.1) is 0 Å². The molecule has 0 spiro atoms. The molecule has 21 heavy (non-hydrogen) atoms. The molecule has 0 bridgehead atoms. The van der Waals surface area contributed by atoms with Gasteiger partial charge in [-0.3, -0.25) is 4.99 Å². The van der Waals surface area contributed by atoms with Crippen molar-refractivity contribution in [3.63, 3.8) is 0 Å². The van der Waals surface area contributed by atoms with E-state index in [9.17, 15) is 0 Å². The Bertz CT molecular complexity index is 661. The number of halogens is 1. The lowest BCUT2D eigenvalue weighted by atomic mass is 10.2. The molecule has 0 atom stereocenters. The molecule has 2 heterocycles. The Balaban J connectivity index is 1.72. The third-order valence-electron chi connectivity index (χ3n) is 2.90. The van der Waals surface area contributed by atoms with Gasteiger partial charge in [0, 0.05) is 29.5 Å². The minimum absolute atomic E-state index is 0.326. The largest absolute Gasteiger partial charge is 0.470 e. The fourth-order valence-corrected chi connectivity index (χ4v) is 2.06. The van der Waals surface area contributed by atoms with Gasteiger partial charge < -0.3 is 15.4 Å². The van der Waals surface area contributed by atoms with Gasteiger partial charge in [0.05, 0.1) is 6.54 Å². The van der Waals surface area contributed by atoms with Crippen LogP contribution in [-0.4, -0.2) is 29.0 Å². The van der Waals surface area contributed by atoms with Gasteiger partial charge in [-0.1, -0.05) is 29.8 Å². The molecule has 0 aliphatic carbocycles. The van der Waals surface area contributed by atoms with Gasteiger partial charge in [-0.05, 0) is 6.07 Å². The minimum Gasteiger partial charge on any atom is -0.470 e. The SMILES string of the molecule is Clc1ccccc1COc1nccnc1NC1=NCCN1. The lowest BCUT2D eigenvalue weighted by Crippen LogP contribution is -2.27. The zero-order valence-corrected chi connectivity index (χ0v) is 12.0. The number of benzene rings is 1. The van der Waals surface area contributed by atoms with E-state index in [1.165, 1.54) is 0 Å². The van der Waals surface area contributed by atoms with Crippen LogP contribution in [0.5, 0.6) is 5.88 Å². The maximum absolute atomic E-state index is 6.11. The lowest BCUT2D eigenvalue weighted by Gasteiger charge is -2.11. The number of anilines is 1. The molecule has 2 N–H and O–H groups in total. The molecule has 0 unspecified atom stereocenters. The summed E-state index contributed by atoms with van der Waals surface area (Å²) in [6.45, 7) is 1.89. The number of aromatic nitrogens is 2. The van der Waals surface area contributed by atoms with Crippen molar-refractivity contribution in [1.82, 2.24) is 15.3 Å². The van der Waals surface area contributed by atoms with E-state index in [0.29, 0.717) is 29.3 Å². The smallest absolute Gasteiger partial charge is 0.258 e. The number of hydrogen-bond acceptors (Lipinski definition) is 6. The molecule has 108 valence electrons. The Hall–Kier alpha value is -2.34. The highest BCUT2D eigenvalue weighted by molar-refractivity contribution is 6.31. The van der Waals surface area contributed by atoms with Crippen molar-refractivity contribution in [3.8, 4) is 5.88 Å². The van der Waals surface area contributed by atoms with Crippen LogP contribution in [0.1, 0.15) is 5.56 Å². The van der Waals surface area contributed by atoms with E-state index in [-0.39, 0.29) is 0 Å². The van der Waals surface area contributed by atoms with E-state index in [1.54, 1.807) is 12.4 Å². The van der Waals surface area contributed by atoms with Gasteiger partial charge in [0.25, 0.3) is 5.88 Å². The molecule has 1 aromatic carbocycles. The van der Waals surface area contributed by atoms with Crippen molar-refractivity contribution >= 4 is 23.4 Å². The average Bonchev–Trinajstić information content (AvgIpc) is 3.01. The van der Waals surface area contributed by atoms with Crippen molar-refractivity contribution in [2.75, 3.05) is 18.4 Å². The van der Waals surface area contributed by atoms with Crippen LogP contribution >= 0.6 is 11.6 Å². The predicted octanol–water partition coefficient (Wildman–Crippen LogP) is 2.08. The maximum Gasteiger partial charge on any atom is 0.258 e. The molecule has 0 amide bonds.